The number of carbonyl (C=O) groups is 3. The molecular weight excluding hydrogens is 408 g/mol. The van der Waals surface area contributed by atoms with Gasteiger partial charge in [-0.1, -0.05) is 19.4 Å². The van der Waals surface area contributed by atoms with Crippen LogP contribution in [0.25, 0.3) is 0 Å². The van der Waals surface area contributed by atoms with Gasteiger partial charge in [-0.2, -0.15) is 0 Å². The lowest BCUT2D eigenvalue weighted by molar-refractivity contribution is -0.128. The zero-order chi connectivity index (χ0) is 22.8. The van der Waals surface area contributed by atoms with Crippen molar-refractivity contribution in [3.05, 3.63) is 65.2 Å². The maximum absolute atomic E-state index is 13.5. The number of hydrogen-bond donors (Lipinski definition) is 3. The number of rotatable bonds is 10. The normalized spacial score (nSPS) is 11.4. The Bertz CT molecular complexity index is 919. The number of likely N-dealkylation sites (N-methyl/N-ethyl adjacent to an activating group) is 1. The van der Waals surface area contributed by atoms with Gasteiger partial charge in [0.2, 0.25) is 11.8 Å². The zero-order valence-electron chi connectivity index (χ0n) is 17.3. The summed E-state index contributed by atoms with van der Waals surface area (Å²) in [6.07, 6.45) is 1.94. The molecule has 0 aromatic heterocycles. The molecule has 0 saturated carbocycles. The summed E-state index contributed by atoms with van der Waals surface area (Å²) in [6, 6.07) is 8.12. The molecule has 0 aliphatic carbocycles. The van der Waals surface area contributed by atoms with Gasteiger partial charge >= 0.3 is 0 Å². The van der Waals surface area contributed by atoms with Gasteiger partial charge in [-0.05, 0) is 48.4 Å². The summed E-state index contributed by atoms with van der Waals surface area (Å²) >= 11 is 0. The van der Waals surface area contributed by atoms with Gasteiger partial charge in [0.05, 0.1) is 13.2 Å². The lowest BCUT2D eigenvalue weighted by Gasteiger charge is -2.18. The zero-order valence-corrected chi connectivity index (χ0v) is 17.3. The van der Waals surface area contributed by atoms with E-state index in [9.17, 15) is 23.2 Å². The van der Waals surface area contributed by atoms with Crippen molar-refractivity contribution in [3.8, 4) is 5.75 Å². The highest BCUT2D eigenvalue weighted by molar-refractivity contribution is 5.97. The number of unbranched alkanes of at least 4 members (excludes halogenated alkanes) is 1. The fourth-order valence-electron chi connectivity index (χ4n) is 2.65. The monoisotopic (exact) mass is 433 g/mol. The Morgan fingerprint density at radius 2 is 1.74 bits per heavy atom. The van der Waals surface area contributed by atoms with E-state index in [0.717, 1.165) is 25.0 Å². The molecule has 0 spiro atoms. The molecule has 0 fully saturated rings. The van der Waals surface area contributed by atoms with Gasteiger partial charge in [0, 0.05) is 12.6 Å². The van der Waals surface area contributed by atoms with Gasteiger partial charge in [0.25, 0.3) is 5.91 Å². The number of ether oxygens (including phenoxy) is 1. The SMILES string of the molecule is CCCCOc1ccc(C(=O)NCC(=O)NC(C(=O)NC)c2ccc(F)c(F)c2)cc1. The highest BCUT2D eigenvalue weighted by Crippen LogP contribution is 2.17. The average Bonchev–Trinajstić information content (AvgIpc) is 2.78. The number of nitrogens with one attached hydrogen (secondary N) is 3. The van der Waals surface area contributed by atoms with Crippen LogP contribution < -0.4 is 20.7 Å². The molecule has 1 atom stereocenters. The molecule has 0 aliphatic rings. The van der Waals surface area contributed by atoms with Crippen molar-refractivity contribution in [2.45, 2.75) is 25.8 Å². The minimum Gasteiger partial charge on any atom is -0.494 e. The van der Waals surface area contributed by atoms with Crippen LogP contribution in [0.4, 0.5) is 8.78 Å². The second kappa shape index (κ2) is 11.6. The van der Waals surface area contributed by atoms with Gasteiger partial charge in [0.15, 0.2) is 11.6 Å². The van der Waals surface area contributed by atoms with Crippen LogP contribution in [-0.2, 0) is 9.59 Å². The summed E-state index contributed by atoms with van der Waals surface area (Å²) < 4.78 is 32.2. The molecule has 166 valence electrons. The second-order valence-electron chi connectivity index (χ2n) is 6.70. The van der Waals surface area contributed by atoms with E-state index in [0.29, 0.717) is 17.9 Å². The van der Waals surface area contributed by atoms with Crippen LogP contribution >= 0.6 is 0 Å². The van der Waals surface area contributed by atoms with Crippen molar-refractivity contribution in [2.24, 2.45) is 0 Å². The van der Waals surface area contributed by atoms with Gasteiger partial charge < -0.3 is 20.7 Å². The average molecular weight is 433 g/mol. The van der Waals surface area contributed by atoms with Gasteiger partial charge in [-0.25, -0.2) is 8.78 Å². The molecule has 0 bridgehead atoms. The Morgan fingerprint density at radius 3 is 2.35 bits per heavy atom. The Kier molecular flexibility index (Phi) is 8.93. The predicted molar refractivity (Wildman–Crippen MR) is 110 cm³/mol. The predicted octanol–water partition coefficient (Wildman–Crippen LogP) is 2.48. The van der Waals surface area contributed by atoms with Crippen LogP contribution in [0.1, 0.15) is 41.7 Å². The third kappa shape index (κ3) is 7.06. The first-order valence-corrected chi connectivity index (χ1v) is 9.82. The van der Waals surface area contributed by atoms with Crippen molar-refractivity contribution in [2.75, 3.05) is 20.2 Å². The number of halogens is 2. The molecule has 2 rings (SSSR count). The van der Waals surface area contributed by atoms with E-state index >= 15 is 0 Å². The molecular formula is C22H25F2N3O4. The smallest absolute Gasteiger partial charge is 0.251 e. The molecule has 9 heteroatoms. The van der Waals surface area contributed by atoms with Crippen LogP contribution in [0.3, 0.4) is 0 Å². The van der Waals surface area contributed by atoms with E-state index < -0.39 is 41.9 Å². The molecule has 2 aromatic rings. The summed E-state index contributed by atoms with van der Waals surface area (Å²) in [5, 5.41) is 7.20. The molecule has 31 heavy (non-hydrogen) atoms. The summed E-state index contributed by atoms with van der Waals surface area (Å²) in [4.78, 5) is 36.6. The maximum Gasteiger partial charge on any atom is 0.251 e. The summed E-state index contributed by atoms with van der Waals surface area (Å²) in [7, 11) is 1.35. The topological polar surface area (TPSA) is 96.5 Å². The molecule has 1 unspecified atom stereocenters. The van der Waals surface area contributed by atoms with Crippen LogP contribution in [0.2, 0.25) is 0 Å². The van der Waals surface area contributed by atoms with Crippen LogP contribution in [0, 0.1) is 11.6 Å². The van der Waals surface area contributed by atoms with Crippen molar-refractivity contribution < 1.29 is 27.9 Å². The lowest BCUT2D eigenvalue weighted by Crippen LogP contribution is -2.43. The van der Waals surface area contributed by atoms with Gasteiger partial charge in [-0.15, -0.1) is 0 Å². The number of benzene rings is 2. The van der Waals surface area contributed by atoms with E-state index in [1.165, 1.54) is 13.1 Å². The van der Waals surface area contributed by atoms with Crippen LogP contribution in [0.15, 0.2) is 42.5 Å². The molecule has 0 aliphatic heterocycles. The number of hydrogen-bond acceptors (Lipinski definition) is 4. The highest BCUT2D eigenvalue weighted by Gasteiger charge is 2.23. The Labute approximate surface area is 179 Å². The lowest BCUT2D eigenvalue weighted by atomic mass is 10.1. The first-order chi connectivity index (χ1) is 14.8. The summed E-state index contributed by atoms with van der Waals surface area (Å²) in [6.45, 7) is 2.24. The van der Waals surface area contributed by atoms with Gasteiger partial charge in [0.1, 0.15) is 11.8 Å². The minimum absolute atomic E-state index is 0.0663. The Morgan fingerprint density at radius 1 is 1.03 bits per heavy atom. The molecule has 0 heterocycles. The highest BCUT2D eigenvalue weighted by atomic mass is 19.2. The maximum atomic E-state index is 13.5. The summed E-state index contributed by atoms with van der Waals surface area (Å²) in [5.74, 6) is -3.35. The van der Waals surface area contributed by atoms with E-state index in [1.807, 2.05) is 0 Å². The molecule has 2 aromatic carbocycles. The van der Waals surface area contributed by atoms with E-state index in [2.05, 4.69) is 22.9 Å². The standard InChI is InChI=1S/C22H25F2N3O4/c1-3-4-11-31-16-8-5-14(6-9-16)21(29)26-13-19(28)27-20(22(30)25-2)15-7-10-17(23)18(24)12-15/h5-10,12,20H,3-4,11,13H2,1-2H3,(H,25,30)(H,26,29)(H,27,28). The fraction of sp³-hybridized carbons (Fsp3) is 0.318. The van der Waals surface area contributed by atoms with E-state index in [-0.39, 0.29) is 5.56 Å². The molecule has 3 N–H and O–H groups in total. The van der Waals surface area contributed by atoms with E-state index in [1.54, 1.807) is 24.3 Å². The van der Waals surface area contributed by atoms with Crippen molar-refractivity contribution in [1.82, 2.24) is 16.0 Å². The number of carbonyl (C=O) groups excluding carboxylic acids is 3. The quantitative estimate of drug-likeness (QED) is 0.502. The summed E-state index contributed by atoms with van der Waals surface area (Å²) in [5.41, 5.74) is 0.399. The molecule has 7 nitrogen and oxygen atoms in total. The first kappa shape index (κ1) is 23.8. The fourth-order valence-corrected chi connectivity index (χ4v) is 2.65. The van der Waals surface area contributed by atoms with Crippen molar-refractivity contribution in [1.29, 1.82) is 0 Å². The largest absolute Gasteiger partial charge is 0.494 e. The third-order valence-electron chi connectivity index (χ3n) is 4.38. The van der Waals surface area contributed by atoms with Crippen molar-refractivity contribution >= 4 is 17.7 Å². The minimum atomic E-state index is -1.25. The number of amides is 3. The molecule has 3 amide bonds. The molecule has 0 radical (unpaired) electrons. The van der Waals surface area contributed by atoms with E-state index in [4.69, 9.17) is 4.74 Å². The van der Waals surface area contributed by atoms with Gasteiger partial charge in [-0.3, -0.25) is 14.4 Å². The second-order valence-corrected chi connectivity index (χ2v) is 6.70. The van der Waals surface area contributed by atoms with Crippen molar-refractivity contribution in [3.63, 3.8) is 0 Å². The Balaban J connectivity index is 1.94. The molecule has 0 saturated heterocycles. The Hall–Kier alpha value is -3.49. The van der Waals surface area contributed by atoms with Crippen LogP contribution in [-0.4, -0.2) is 37.9 Å². The third-order valence-corrected chi connectivity index (χ3v) is 4.38. The van der Waals surface area contributed by atoms with Crippen LogP contribution in [0.5, 0.6) is 5.75 Å². The first-order valence-electron chi connectivity index (χ1n) is 9.82.